The molecule has 1 aromatic heterocycles. The highest BCUT2D eigenvalue weighted by molar-refractivity contribution is 5.72. The Balaban J connectivity index is 1.88. The van der Waals surface area contributed by atoms with Crippen LogP contribution in [-0.2, 0) is 9.53 Å². The van der Waals surface area contributed by atoms with Crippen molar-refractivity contribution in [1.82, 2.24) is 9.55 Å². The zero-order valence-corrected chi connectivity index (χ0v) is 14.1. The molecule has 0 aromatic carbocycles. The van der Waals surface area contributed by atoms with E-state index in [1.807, 2.05) is 0 Å². The van der Waals surface area contributed by atoms with Crippen molar-refractivity contribution in [3.63, 3.8) is 0 Å². The van der Waals surface area contributed by atoms with Gasteiger partial charge in [0.1, 0.15) is 30.2 Å². The second kappa shape index (κ2) is 9.05. The fraction of sp³-hybridized carbons (Fsp3) is 0.667. The number of nitrogens with one attached hydrogen (secondary N) is 1. The number of aliphatic hydroxyl groups is 3. The van der Waals surface area contributed by atoms with Crippen molar-refractivity contribution in [2.24, 2.45) is 5.73 Å². The summed E-state index contributed by atoms with van der Waals surface area (Å²) in [5.74, 6) is -0.714. The summed E-state index contributed by atoms with van der Waals surface area (Å²) in [5.41, 5.74) is 4.72. The van der Waals surface area contributed by atoms with Crippen LogP contribution < -0.4 is 16.7 Å². The van der Waals surface area contributed by atoms with Crippen molar-refractivity contribution in [2.45, 2.75) is 49.8 Å². The van der Waals surface area contributed by atoms with Crippen LogP contribution in [0.15, 0.2) is 17.1 Å². The lowest BCUT2D eigenvalue weighted by molar-refractivity contribution is -0.138. The monoisotopic (exact) mass is 372 g/mol. The van der Waals surface area contributed by atoms with Gasteiger partial charge in [0.05, 0.1) is 6.61 Å². The topological polar surface area (TPSA) is 180 Å². The third-order valence-electron chi connectivity index (χ3n) is 4.19. The number of hydrogen-bond acceptors (Lipinski definition) is 9. The Morgan fingerprint density at radius 2 is 2.12 bits per heavy atom. The van der Waals surface area contributed by atoms with Crippen LogP contribution in [0.1, 0.15) is 25.5 Å². The van der Waals surface area contributed by atoms with Crippen molar-refractivity contribution < 1.29 is 30.0 Å². The molecule has 0 aliphatic carbocycles. The average molecular weight is 372 g/mol. The predicted molar refractivity (Wildman–Crippen MR) is 89.5 cm³/mol. The minimum Gasteiger partial charge on any atom is -0.480 e. The van der Waals surface area contributed by atoms with Crippen molar-refractivity contribution in [3.8, 4) is 0 Å². The average Bonchev–Trinajstić information content (AvgIpc) is 2.89. The molecule has 0 amide bonds. The standard InChI is InChI=1S/C15H24N4O7/c16-8(14(23)24)3-1-2-5-17-10-4-6-19(15(25)18-10)13-12(22)11(21)9(7-20)26-13/h4,6,8-9,11-13,20-22H,1-3,5,7,16H2,(H,23,24)(H,17,18,25)/t8?,9-,11-,12+,13-/m1/s1. The summed E-state index contributed by atoms with van der Waals surface area (Å²) in [5, 5.41) is 40.4. The van der Waals surface area contributed by atoms with E-state index in [0.717, 1.165) is 4.57 Å². The molecular weight excluding hydrogens is 348 g/mol. The molecule has 1 fully saturated rings. The van der Waals surface area contributed by atoms with E-state index in [4.69, 9.17) is 20.7 Å². The first-order valence-corrected chi connectivity index (χ1v) is 8.29. The number of carboxylic acids is 1. The summed E-state index contributed by atoms with van der Waals surface area (Å²) < 4.78 is 6.33. The summed E-state index contributed by atoms with van der Waals surface area (Å²) >= 11 is 0. The van der Waals surface area contributed by atoms with Crippen LogP contribution in [0.25, 0.3) is 0 Å². The molecule has 146 valence electrons. The van der Waals surface area contributed by atoms with Gasteiger partial charge in [-0.05, 0) is 25.3 Å². The predicted octanol–water partition coefficient (Wildman–Crippen LogP) is -2.15. The number of rotatable bonds is 9. The molecule has 0 saturated carbocycles. The molecule has 11 nitrogen and oxygen atoms in total. The number of nitrogens with zero attached hydrogens (tertiary/aromatic N) is 2. The van der Waals surface area contributed by atoms with E-state index in [1.54, 1.807) is 0 Å². The normalized spacial score (nSPS) is 26.6. The second-order valence-electron chi connectivity index (χ2n) is 6.10. The number of nitrogens with two attached hydrogens (primary N) is 1. The first kappa shape index (κ1) is 20.3. The SMILES string of the molecule is NC(CCCCNc1ccn([C@@H]2O[C@H](CO)[C@@H](O)[C@@H]2O)c(=O)n1)C(=O)O. The van der Waals surface area contributed by atoms with Gasteiger partial charge in [0, 0.05) is 12.7 Å². The Hall–Kier alpha value is -2.05. The molecule has 0 spiro atoms. The van der Waals surface area contributed by atoms with Gasteiger partial charge < -0.3 is 36.2 Å². The summed E-state index contributed by atoms with van der Waals surface area (Å²) in [6, 6.07) is 0.632. The molecule has 1 aliphatic heterocycles. The van der Waals surface area contributed by atoms with Gasteiger partial charge in [-0.1, -0.05) is 0 Å². The van der Waals surface area contributed by atoms with Gasteiger partial charge in [0.25, 0.3) is 0 Å². The van der Waals surface area contributed by atoms with Crippen LogP contribution in [-0.4, -0.2) is 73.5 Å². The minimum atomic E-state index is -1.36. The first-order chi connectivity index (χ1) is 12.3. The molecule has 2 rings (SSSR count). The highest BCUT2D eigenvalue weighted by Crippen LogP contribution is 2.28. The maximum absolute atomic E-state index is 12.1. The second-order valence-corrected chi connectivity index (χ2v) is 6.10. The summed E-state index contributed by atoms with van der Waals surface area (Å²) in [7, 11) is 0. The number of carboxylic acid groups (broad SMARTS) is 1. The van der Waals surface area contributed by atoms with Crippen LogP contribution in [0.2, 0.25) is 0 Å². The van der Waals surface area contributed by atoms with Crippen LogP contribution in [0.4, 0.5) is 5.82 Å². The van der Waals surface area contributed by atoms with E-state index in [0.29, 0.717) is 31.6 Å². The third kappa shape index (κ3) is 4.77. The minimum absolute atomic E-state index is 0.320. The number of anilines is 1. The molecule has 26 heavy (non-hydrogen) atoms. The Bertz CT molecular complexity index is 668. The number of carbonyl (C=O) groups is 1. The summed E-state index contributed by atoms with van der Waals surface area (Å²) in [6.07, 6.45) is -1.77. The van der Waals surface area contributed by atoms with Gasteiger partial charge in [-0.2, -0.15) is 4.98 Å². The van der Waals surface area contributed by atoms with E-state index >= 15 is 0 Å². The number of aromatic nitrogens is 2. The number of unbranched alkanes of at least 4 members (excludes halogenated alkanes) is 1. The van der Waals surface area contributed by atoms with E-state index in [1.165, 1.54) is 12.3 Å². The van der Waals surface area contributed by atoms with Gasteiger partial charge in [0.15, 0.2) is 6.23 Å². The highest BCUT2D eigenvalue weighted by atomic mass is 16.6. The molecular formula is C15H24N4O7. The fourth-order valence-electron chi connectivity index (χ4n) is 2.64. The number of aliphatic hydroxyl groups excluding tert-OH is 3. The maximum atomic E-state index is 12.1. The molecule has 7 N–H and O–H groups in total. The molecule has 2 heterocycles. The molecule has 1 unspecified atom stereocenters. The van der Waals surface area contributed by atoms with E-state index in [9.17, 15) is 19.8 Å². The molecule has 1 aliphatic rings. The lowest BCUT2D eigenvalue weighted by atomic mass is 10.1. The Kier molecular flexibility index (Phi) is 7.06. The zero-order chi connectivity index (χ0) is 19.3. The molecule has 5 atom stereocenters. The highest BCUT2D eigenvalue weighted by Gasteiger charge is 2.43. The smallest absolute Gasteiger partial charge is 0.351 e. The van der Waals surface area contributed by atoms with Gasteiger partial charge in [-0.25, -0.2) is 4.79 Å². The zero-order valence-electron chi connectivity index (χ0n) is 14.1. The summed E-state index contributed by atoms with van der Waals surface area (Å²) in [4.78, 5) is 26.6. The fourth-order valence-corrected chi connectivity index (χ4v) is 2.64. The van der Waals surface area contributed by atoms with Gasteiger partial charge >= 0.3 is 11.7 Å². The van der Waals surface area contributed by atoms with E-state index < -0.39 is 48.8 Å². The molecule has 0 radical (unpaired) electrons. The van der Waals surface area contributed by atoms with Crippen LogP contribution >= 0.6 is 0 Å². The van der Waals surface area contributed by atoms with Crippen LogP contribution in [0.5, 0.6) is 0 Å². The Morgan fingerprint density at radius 3 is 2.69 bits per heavy atom. The number of hydrogen-bond donors (Lipinski definition) is 6. The number of aliphatic carboxylic acids is 1. The van der Waals surface area contributed by atoms with Crippen molar-refractivity contribution in [3.05, 3.63) is 22.7 Å². The van der Waals surface area contributed by atoms with Gasteiger partial charge in [-0.15, -0.1) is 0 Å². The van der Waals surface area contributed by atoms with E-state index in [-0.39, 0.29) is 0 Å². The van der Waals surface area contributed by atoms with Gasteiger partial charge in [-0.3, -0.25) is 9.36 Å². The first-order valence-electron chi connectivity index (χ1n) is 8.29. The largest absolute Gasteiger partial charge is 0.480 e. The quantitative estimate of drug-likeness (QED) is 0.262. The lowest BCUT2D eigenvalue weighted by Crippen LogP contribution is -2.36. The van der Waals surface area contributed by atoms with Crippen molar-refractivity contribution in [1.29, 1.82) is 0 Å². The molecule has 1 saturated heterocycles. The molecule has 0 bridgehead atoms. The van der Waals surface area contributed by atoms with Gasteiger partial charge in [0.2, 0.25) is 0 Å². The third-order valence-corrected chi connectivity index (χ3v) is 4.19. The molecule has 1 aromatic rings. The van der Waals surface area contributed by atoms with Crippen molar-refractivity contribution in [2.75, 3.05) is 18.5 Å². The molecule has 11 heteroatoms. The number of ether oxygens (including phenoxy) is 1. The lowest BCUT2D eigenvalue weighted by Gasteiger charge is -2.17. The van der Waals surface area contributed by atoms with Crippen LogP contribution in [0, 0.1) is 0 Å². The summed E-state index contributed by atoms with van der Waals surface area (Å²) in [6.45, 7) is -0.00126. The Labute approximate surface area is 149 Å². The Morgan fingerprint density at radius 1 is 1.38 bits per heavy atom. The van der Waals surface area contributed by atoms with Crippen molar-refractivity contribution >= 4 is 11.8 Å². The van der Waals surface area contributed by atoms with E-state index in [2.05, 4.69) is 10.3 Å². The van der Waals surface area contributed by atoms with Crippen LogP contribution in [0.3, 0.4) is 0 Å². The maximum Gasteiger partial charge on any atom is 0.351 e.